The van der Waals surface area contributed by atoms with Crippen molar-refractivity contribution in [3.8, 4) is 11.3 Å². The van der Waals surface area contributed by atoms with Crippen molar-refractivity contribution in [2.45, 2.75) is 77.9 Å². The fraction of sp³-hybridized carbons (Fsp3) is 0.481. The van der Waals surface area contributed by atoms with E-state index in [1.165, 1.54) is 36.0 Å². The molecule has 2 aromatic heterocycles. The van der Waals surface area contributed by atoms with E-state index in [2.05, 4.69) is 20.6 Å². The summed E-state index contributed by atoms with van der Waals surface area (Å²) in [5.41, 5.74) is -0.261. The van der Waals surface area contributed by atoms with Crippen molar-refractivity contribution in [2.75, 3.05) is 5.32 Å². The molecule has 0 saturated carbocycles. The van der Waals surface area contributed by atoms with Gasteiger partial charge in [0.15, 0.2) is 11.2 Å². The van der Waals surface area contributed by atoms with Crippen molar-refractivity contribution < 1.29 is 32.6 Å². The fourth-order valence-corrected chi connectivity index (χ4v) is 4.35. The predicted molar refractivity (Wildman–Crippen MR) is 146 cm³/mol. The second-order valence-electron chi connectivity index (χ2n) is 10.5. The number of rotatable bonds is 11. The zero-order valence-corrected chi connectivity index (χ0v) is 23.6. The number of hydrogen-bond acceptors (Lipinski definition) is 7. The number of amides is 2. The molecule has 0 unspecified atom stereocenters. The third-order valence-corrected chi connectivity index (χ3v) is 6.91. The molecule has 0 aliphatic rings. The highest BCUT2D eigenvalue weighted by atomic mass is 32.1. The molecule has 0 aliphatic carbocycles. The number of unbranched alkanes of at least 4 members (excludes halogenated alkanes) is 1. The van der Waals surface area contributed by atoms with Gasteiger partial charge in [-0.25, -0.2) is 14.8 Å². The summed E-state index contributed by atoms with van der Waals surface area (Å²) in [4.78, 5) is 33.8. The molecule has 0 saturated heterocycles. The fourth-order valence-electron chi connectivity index (χ4n) is 3.81. The van der Waals surface area contributed by atoms with Crippen LogP contribution < -0.4 is 10.6 Å². The van der Waals surface area contributed by atoms with Crippen LogP contribution in [-0.2, 0) is 22.3 Å². The number of aliphatic hydroxyl groups excluding tert-OH is 1. The van der Waals surface area contributed by atoms with Gasteiger partial charge < -0.3 is 19.7 Å². The third kappa shape index (κ3) is 8.78. The monoisotopic (exact) mass is 581 g/mol. The molecule has 0 bridgehead atoms. The Morgan fingerprint density at radius 1 is 1.15 bits per heavy atom. The first-order valence-electron chi connectivity index (χ1n) is 12.8. The second-order valence-corrected chi connectivity index (χ2v) is 11.3. The van der Waals surface area contributed by atoms with Crippen LogP contribution in [0.1, 0.15) is 52.5 Å². The summed E-state index contributed by atoms with van der Waals surface area (Å²) < 4.78 is 46.1. The molecule has 3 aromatic rings. The van der Waals surface area contributed by atoms with Gasteiger partial charge in [0.2, 0.25) is 0 Å². The van der Waals surface area contributed by atoms with E-state index in [0.29, 0.717) is 29.2 Å². The molecule has 3 rings (SSSR count). The van der Waals surface area contributed by atoms with Crippen LogP contribution in [0, 0.1) is 5.41 Å². The number of aliphatic hydroxyl groups is 1. The molecule has 218 valence electrons. The highest BCUT2D eigenvalue weighted by Crippen LogP contribution is 2.31. The Balaban J connectivity index is 1.67. The van der Waals surface area contributed by atoms with Crippen molar-refractivity contribution in [1.82, 2.24) is 19.9 Å². The van der Waals surface area contributed by atoms with Gasteiger partial charge in [-0.15, -0.1) is 11.3 Å². The Morgan fingerprint density at radius 2 is 1.85 bits per heavy atom. The molecule has 0 radical (unpaired) electrons. The number of nitrogens with zero attached hydrogens (tertiary/aromatic N) is 3. The Hall–Kier alpha value is -3.45. The number of anilines is 1. The van der Waals surface area contributed by atoms with E-state index >= 15 is 0 Å². The maximum Gasteiger partial charge on any atom is 0.416 e. The zero-order chi connectivity index (χ0) is 29.5. The SMILES string of the molecule is CCCC[C@H](NC(=O)O[C@H](Cn1cnc(-c2ccc(C(F)(F)F)cc2)c1)C(C)(C)C)[C@@H](O)C(=O)Nc1nccs1. The van der Waals surface area contributed by atoms with Gasteiger partial charge in [0.25, 0.3) is 5.91 Å². The number of hydrogen-bond donors (Lipinski definition) is 3. The average molecular weight is 582 g/mol. The van der Waals surface area contributed by atoms with Gasteiger partial charge in [-0.3, -0.25) is 10.1 Å². The number of halogens is 3. The molecule has 40 heavy (non-hydrogen) atoms. The van der Waals surface area contributed by atoms with E-state index < -0.39 is 47.4 Å². The van der Waals surface area contributed by atoms with Crippen LogP contribution in [0.2, 0.25) is 0 Å². The minimum atomic E-state index is -4.42. The summed E-state index contributed by atoms with van der Waals surface area (Å²) in [5.74, 6) is -0.682. The molecule has 2 amide bonds. The summed E-state index contributed by atoms with van der Waals surface area (Å²) >= 11 is 1.21. The quantitative estimate of drug-likeness (QED) is 0.266. The first kappa shape index (κ1) is 31.1. The van der Waals surface area contributed by atoms with Gasteiger partial charge >= 0.3 is 12.3 Å². The standard InChI is InChI=1S/C27H34F3N5O4S/c1-5-6-7-19(22(36)23(37)34-24-31-12-13-40-24)33-25(38)39-21(26(2,3)4)15-35-14-20(32-16-35)17-8-10-18(11-9-17)27(28,29)30/h8-14,16,19,21-22,36H,5-7,15H2,1-4H3,(H,33,38)(H,31,34,37)/t19-,21+,22+/m0/s1. The molecule has 2 heterocycles. The maximum absolute atomic E-state index is 12.9. The van der Waals surface area contributed by atoms with Crippen molar-refractivity contribution >= 4 is 28.5 Å². The lowest BCUT2D eigenvalue weighted by molar-refractivity contribution is -0.137. The zero-order valence-electron chi connectivity index (χ0n) is 22.7. The lowest BCUT2D eigenvalue weighted by Gasteiger charge is -2.31. The maximum atomic E-state index is 12.9. The summed E-state index contributed by atoms with van der Waals surface area (Å²) in [6, 6.07) is 3.83. The molecule has 0 spiro atoms. The third-order valence-electron chi connectivity index (χ3n) is 6.22. The van der Waals surface area contributed by atoms with Gasteiger partial charge in [-0.1, -0.05) is 52.7 Å². The lowest BCUT2D eigenvalue weighted by atomic mass is 9.89. The topological polar surface area (TPSA) is 118 Å². The number of benzene rings is 1. The van der Waals surface area contributed by atoms with E-state index in [4.69, 9.17) is 4.74 Å². The average Bonchev–Trinajstić information content (AvgIpc) is 3.57. The number of carbonyl (C=O) groups is 2. The van der Waals surface area contributed by atoms with Gasteiger partial charge in [0, 0.05) is 28.8 Å². The van der Waals surface area contributed by atoms with E-state index in [9.17, 15) is 27.9 Å². The van der Waals surface area contributed by atoms with Crippen molar-refractivity contribution in [1.29, 1.82) is 0 Å². The number of nitrogens with one attached hydrogen (secondary N) is 2. The highest BCUT2D eigenvalue weighted by Gasteiger charge is 2.33. The molecule has 0 aliphatic heterocycles. The minimum absolute atomic E-state index is 0.220. The van der Waals surface area contributed by atoms with Crippen LogP contribution in [-0.4, -0.2) is 49.9 Å². The number of thiazole rings is 1. The van der Waals surface area contributed by atoms with E-state index in [1.807, 2.05) is 27.7 Å². The van der Waals surface area contributed by atoms with Crippen LogP contribution in [0.5, 0.6) is 0 Å². The minimum Gasteiger partial charge on any atom is -0.444 e. The summed E-state index contributed by atoms with van der Waals surface area (Å²) in [5, 5.41) is 17.9. The molecule has 1 aromatic carbocycles. The summed E-state index contributed by atoms with van der Waals surface area (Å²) in [6.45, 7) is 7.85. The summed E-state index contributed by atoms with van der Waals surface area (Å²) in [6.07, 6.45) is -0.851. The summed E-state index contributed by atoms with van der Waals surface area (Å²) in [7, 11) is 0. The molecule has 3 atom stereocenters. The first-order chi connectivity index (χ1) is 18.8. The first-order valence-corrected chi connectivity index (χ1v) is 13.7. The molecule has 0 fully saturated rings. The van der Waals surface area contributed by atoms with E-state index in [-0.39, 0.29) is 6.54 Å². The Bertz CT molecular complexity index is 1240. The van der Waals surface area contributed by atoms with Crippen molar-refractivity contribution in [3.63, 3.8) is 0 Å². The number of ether oxygens (including phenoxy) is 1. The Kier molecular flexibility index (Phi) is 10.3. The number of alkyl carbamates (subject to hydrolysis) is 1. The largest absolute Gasteiger partial charge is 0.444 e. The molecular weight excluding hydrogens is 547 g/mol. The normalized spacial score (nSPS) is 14.3. The highest BCUT2D eigenvalue weighted by molar-refractivity contribution is 7.13. The van der Waals surface area contributed by atoms with Gasteiger partial charge in [-0.2, -0.15) is 13.2 Å². The van der Waals surface area contributed by atoms with Crippen LogP contribution in [0.3, 0.4) is 0 Å². The number of aromatic nitrogens is 3. The van der Waals surface area contributed by atoms with Crippen molar-refractivity contribution in [2.24, 2.45) is 5.41 Å². The number of imidazole rings is 1. The lowest BCUT2D eigenvalue weighted by Crippen LogP contribution is -2.50. The van der Waals surface area contributed by atoms with Crippen LogP contribution >= 0.6 is 11.3 Å². The van der Waals surface area contributed by atoms with Crippen LogP contribution in [0.15, 0.2) is 48.4 Å². The van der Waals surface area contributed by atoms with Gasteiger partial charge in [0.1, 0.15) is 6.10 Å². The second kappa shape index (κ2) is 13.3. The van der Waals surface area contributed by atoms with Crippen molar-refractivity contribution in [3.05, 3.63) is 53.9 Å². The molecule has 9 nitrogen and oxygen atoms in total. The van der Waals surface area contributed by atoms with E-state index in [0.717, 1.165) is 18.6 Å². The molecule has 3 N–H and O–H groups in total. The molecular formula is C27H34F3N5O4S. The molecule has 13 heteroatoms. The Morgan fingerprint density at radius 3 is 2.42 bits per heavy atom. The predicted octanol–water partition coefficient (Wildman–Crippen LogP) is 5.72. The number of carbonyl (C=O) groups excluding carboxylic acids is 2. The number of alkyl halides is 3. The van der Waals surface area contributed by atoms with Gasteiger partial charge in [-0.05, 0) is 18.6 Å². The van der Waals surface area contributed by atoms with E-state index in [1.54, 1.807) is 16.1 Å². The Labute approximate surface area is 234 Å². The van der Waals surface area contributed by atoms with Gasteiger partial charge in [0.05, 0.1) is 30.2 Å². The van der Waals surface area contributed by atoms with Crippen LogP contribution in [0.25, 0.3) is 11.3 Å². The smallest absolute Gasteiger partial charge is 0.416 e. The van der Waals surface area contributed by atoms with Crippen LogP contribution in [0.4, 0.5) is 23.1 Å².